The maximum atomic E-state index is 5.29. The van der Waals surface area contributed by atoms with Gasteiger partial charge in [0.1, 0.15) is 11.8 Å². The molecule has 7 heteroatoms. The highest BCUT2D eigenvalue weighted by molar-refractivity contribution is 7.80. The van der Waals surface area contributed by atoms with Crippen molar-refractivity contribution in [3.05, 3.63) is 12.2 Å². The molecule has 0 amide bonds. The number of allylic oxidation sites excluding steroid dienone is 1. The van der Waals surface area contributed by atoms with Gasteiger partial charge in [0.2, 0.25) is 0 Å². The molecule has 1 fully saturated rings. The van der Waals surface area contributed by atoms with E-state index in [2.05, 4.69) is 30.8 Å². The number of nitrogens with zero attached hydrogens (tertiary/aromatic N) is 4. The lowest BCUT2D eigenvalue weighted by molar-refractivity contribution is 0.412. The van der Waals surface area contributed by atoms with Gasteiger partial charge in [0, 0.05) is 12.3 Å². The lowest BCUT2D eigenvalue weighted by Gasteiger charge is -2.23. The highest BCUT2D eigenvalue weighted by Gasteiger charge is 2.22. The largest absolute Gasteiger partial charge is 0.359 e. The first-order valence-electron chi connectivity index (χ1n) is 7.71. The molecule has 1 atom stereocenters. The van der Waals surface area contributed by atoms with Gasteiger partial charge < -0.3 is 5.32 Å². The number of hydrazone groups is 1. The van der Waals surface area contributed by atoms with Crippen LogP contribution in [0.3, 0.4) is 0 Å². The summed E-state index contributed by atoms with van der Waals surface area (Å²) in [6, 6.07) is 0.396. The van der Waals surface area contributed by atoms with Crippen molar-refractivity contribution in [2.75, 3.05) is 0 Å². The second-order valence-corrected chi connectivity index (χ2v) is 6.06. The second-order valence-electron chi connectivity index (χ2n) is 5.65. The molecule has 0 saturated heterocycles. The summed E-state index contributed by atoms with van der Waals surface area (Å²) in [5.74, 6) is 1.33. The molecule has 2 N–H and O–H groups in total. The maximum Gasteiger partial charge on any atom is 0.187 e. The van der Waals surface area contributed by atoms with E-state index in [4.69, 9.17) is 12.2 Å². The molecule has 2 aliphatic heterocycles. The standard InChI is InChI=1S/C15H20N6S/c1-10(13-18-12-8-5-9-16-14(12)19-13)20-21-15(22)17-11-6-3-2-4-7-11/h5,8-9,11-12H,2-4,6-7H2,1H3,(H2,17,21,22)/b20-10+. The molecule has 0 radical (unpaired) electrons. The van der Waals surface area contributed by atoms with Gasteiger partial charge in [0.25, 0.3) is 0 Å². The predicted molar refractivity (Wildman–Crippen MR) is 95.1 cm³/mol. The van der Waals surface area contributed by atoms with Gasteiger partial charge in [0.15, 0.2) is 16.8 Å². The van der Waals surface area contributed by atoms with Gasteiger partial charge in [-0.1, -0.05) is 25.3 Å². The van der Waals surface area contributed by atoms with Crippen molar-refractivity contribution in [3.8, 4) is 0 Å². The van der Waals surface area contributed by atoms with Crippen LogP contribution in [0.15, 0.2) is 32.2 Å². The molecular weight excluding hydrogens is 296 g/mol. The summed E-state index contributed by atoms with van der Waals surface area (Å²) in [5, 5.41) is 8.16. The van der Waals surface area contributed by atoms with Crippen molar-refractivity contribution in [2.24, 2.45) is 20.1 Å². The molecule has 0 aromatic rings. The Labute approximate surface area is 135 Å². The summed E-state index contributed by atoms with van der Waals surface area (Å²) in [4.78, 5) is 13.1. The molecule has 2 heterocycles. The van der Waals surface area contributed by atoms with Crippen LogP contribution in [0.25, 0.3) is 0 Å². The zero-order valence-corrected chi connectivity index (χ0v) is 13.4. The normalized spacial score (nSPS) is 24.6. The third-order valence-corrected chi connectivity index (χ3v) is 4.13. The summed E-state index contributed by atoms with van der Waals surface area (Å²) in [7, 11) is 0. The highest BCUT2D eigenvalue weighted by Crippen LogP contribution is 2.17. The fraction of sp³-hybridized carbons (Fsp3) is 0.533. The van der Waals surface area contributed by atoms with E-state index in [9.17, 15) is 0 Å². The molecule has 0 aromatic heterocycles. The summed E-state index contributed by atoms with van der Waals surface area (Å²) in [6.45, 7) is 1.86. The van der Waals surface area contributed by atoms with Gasteiger partial charge in [-0.05, 0) is 38.1 Å². The van der Waals surface area contributed by atoms with E-state index in [-0.39, 0.29) is 6.04 Å². The van der Waals surface area contributed by atoms with Gasteiger partial charge in [-0.25, -0.2) is 15.0 Å². The highest BCUT2D eigenvalue weighted by atomic mass is 32.1. The minimum Gasteiger partial charge on any atom is -0.359 e. The minimum absolute atomic E-state index is 0.0718. The van der Waals surface area contributed by atoms with Crippen LogP contribution in [0, 0.1) is 0 Å². The smallest absolute Gasteiger partial charge is 0.187 e. The number of hydrogen-bond acceptors (Lipinski definition) is 5. The Morgan fingerprint density at radius 1 is 1.32 bits per heavy atom. The zero-order valence-electron chi connectivity index (χ0n) is 12.6. The van der Waals surface area contributed by atoms with Gasteiger partial charge >= 0.3 is 0 Å². The number of amidine groups is 2. The van der Waals surface area contributed by atoms with E-state index >= 15 is 0 Å². The fourth-order valence-corrected chi connectivity index (χ4v) is 2.94. The molecular formula is C15H20N6S. The monoisotopic (exact) mass is 316 g/mol. The van der Waals surface area contributed by atoms with Crippen molar-refractivity contribution in [1.29, 1.82) is 0 Å². The van der Waals surface area contributed by atoms with Gasteiger partial charge in [-0.15, -0.1) is 0 Å². The van der Waals surface area contributed by atoms with Crippen molar-refractivity contribution in [2.45, 2.75) is 51.1 Å². The first kappa shape index (κ1) is 15.0. The fourth-order valence-electron chi connectivity index (χ4n) is 2.73. The van der Waals surface area contributed by atoms with Crippen LogP contribution in [-0.4, -0.2) is 40.8 Å². The average molecular weight is 316 g/mol. The molecule has 22 heavy (non-hydrogen) atoms. The van der Waals surface area contributed by atoms with Crippen molar-refractivity contribution in [1.82, 2.24) is 10.7 Å². The van der Waals surface area contributed by atoms with Crippen LogP contribution in [-0.2, 0) is 0 Å². The second kappa shape index (κ2) is 6.91. The summed E-state index contributed by atoms with van der Waals surface area (Å²) in [6.07, 6.45) is 11.8. The number of hydrogen-bond donors (Lipinski definition) is 2. The van der Waals surface area contributed by atoms with Gasteiger partial charge in [-0.3, -0.25) is 5.43 Å². The summed E-state index contributed by atoms with van der Waals surface area (Å²) >= 11 is 5.29. The van der Waals surface area contributed by atoms with E-state index in [0.29, 0.717) is 22.7 Å². The molecule has 0 aromatic carbocycles. The number of fused-ring (bicyclic) bond motifs is 1. The number of rotatable bonds is 3. The Hall–Kier alpha value is -1.89. The zero-order chi connectivity index (χ0) is 15.4. The Kier molecular flexibility index (Phi) is 4.72. The van der Waals surface area contributed by atoms with Crippen molar-refractivity contribution >= 4 is 40.9 Å². The van der Waals surface area contributed by atoms with Crippen molar-refractivity contribution < 1.29 is 0 Å². The minimum atomic E-state index is -0.0718. The lowest BCUT2D eigenvalue weighted by Crippen LogP contribution is -2.41. The third kappa shape index (κ3) is 3.65. The Bertz CT molecular complexity index is 595. The molecule has 1 aliphatic carbocycles. The Morgan fingerprint density at radius 2 is 2.14 bits per heavy atom. The number of dihydropyridines is 1. The molecule has 0 bridgehead atoms. The van der Waals surface area contributed by atoms with Crippen LogP contribution >= 0.6 is 12.2 Å². The molecule has 0 spiro atoms. The van der Waals surface area contributed by atoms with Gasteiger partial charge in [-0.2, -0.15) is 5.10 Å². The number of aliphatic imine (C=N–C) groups is 3. The average Bonchev–Trinajstić information content (AvgIpc) is 2.98. The van der Waals surface area contributed by atoms with Crippen LogP contribution in [0.5, 0.6) is 0 Å². The summed E-state index contributed by atoms with van der Waals surface area (Å²) in [5.41, 5.74) is 3.60. The first-order chi connectivity index (χ1) is 10.7. The predicted octanol–water partition coefficient (Wildman–Crippen LogP) is 1.98. The topological polar surface area (TPSA) is 73.5 Å². The first-order valence-corrected chi connectivity index (χ1v) is 8.11. The van der Waals surface area contributed by atoms with Crippen LogP contribution in [0.2, 0.25) is 0 Å². The van der Waals surface area contributed by atoms with E-state index in [1.807, 2.05) is 19.1 Å². The molecule has 6 nitrogen and oxygen atoms in total. The molecule has 1 saturated carbocycles. The van der Waals surface area contributed by atoms with Crippen molar-refractivity contribution in [3.63, 3.8) is 0 Å². The third-order valence-electron chi connectivity index (χ3n) is 3.92. The Morgan fingerprint density at radius 3 is 2.91 bits per heavy atom. The van der Waals surface area contributed by atoms with E-state index < -0.39 is 0 Å². The van der Waals surface area contributed by atoms with Gasteiger partial charge in [0.05, 0.1) is 0 Å². The van der Waals surface area contributed by atoms with E-state index in [1.165, 1.54) is 32.1 Å². The van der Waals surface area contributed by atoms with E-state index in [0.717, 1.165) is 5.84 Å². The number of thiocarbonyl (C=S) groups is 1. The Balaban J connectivity index is 1.54. The van der Waals surface area contributed by atoms with Crippen LogP contribution < -0.4 is 10.7 Å². The summed E-state index contributed by atoms with van der Waals surface area (Å²) < 4.78 is 0. The lowest BCUT2D eigenvalue weighted by atomic mass is 9.96. The molecule has 3 aliphatic rings. The van der Waals surface area contributed by atoms with E-state index in [1.54, 1.807) is 6.21 Å². The molecule has 3 rings (SSSR count). The molecule has 116 valence electrons. The number of nitrogens with one attached hydrogen (secondary N) is 2. The SMILES string of the molecule is C/C(=N\NC(=S)NC1CCCCC1)C1=NC2C=CC=NC2=N1. The maximum absolute atomic E-state index is 5.29. The molecule has 1 unspecified atom stereocenters. The quantitative estimate of drug-likeness (QED) is 0.475. The van der Waals surface area contributed by atoms with Crippen LogP contribution in [0.4, 0.5) is 0 Å². The van der Waals surface area contributed by atoms with Crippen LogP contribution in [0.1, 0.15) is 39.0 Å².